The van der Waals surface area contributed by atoms with E-state index in [1.54, 1.807) is 13.3 Å². The number of ether oxygens (including phenoxy) is 1. The van der Waals surface area contributed by atoms with E-state index in [4.69, 9.17) is 4.74 Å². The van der Waals surface area contributed by atoms with Crippen LogP contribution in [-0.2, 0) is 0 Å². The first-order valence-corrected chi connectivity index (χ1v) is 6.86. The third kappa shape index (κ3) is 3.04. The number of pyridine rings is 1. The van der Waals surface area contributed by atoms with Crippen LogP contribution in [0.2, 0.25) is 0 Å². The van der Waals surface area contributed by atoms with E-state index in [2.05, 4.69) is 22.1 Å². The van der Waals surface area contributed by atoms with E-state index in [1.807, 2.05) is 12.1 Å². The number of nitrogens with zero attached hydrogens (tertiary/aromatic N) is 1. The predicted molar refractivity (Wildman–Crippen MR) is 69.3 cm³/mol. The van der Waals surface area contributed by atoms with Crippen LogP contribution in [0.3, 0.4) is 0 Å². The zero-order valence-corrected chi connectivity index (χ0v) is 10.4. The van der Waals surface area contributed by atoms with E-state index in [0.717, 1.165) is 24.0 Å². The molecule has 0 radical (unpaired) electrons. The lowest BCUT2D eigenvalue weighted by atomic mass is 10.0. The summed E-state index contributed by atoms with van der Waals surface area (Å²) < 4.78 is 5.26. The molecule has 1 aromatic rings. The summed E-state index contributed by atoms with van der Waals surface area (Å²) in [6.45, 7) is 1.01. The molecule has 1 fully saturated rings. The lowest BCUT2D eigenvalue weighted by Gasteiger charge is -2.22. The van der Waals surface area contributed by atoms with E-state index < -0.39 is 0 Å². The summed E-state index contributed by atoms with van der Waals surface area (Å²) in [5, 5.41) is 3.39. The third-order valence-electron chi connectivity index (χ3n) is 2.89. The fourth-order valence-electron chi connectivity index (χ4n) is 1.88. The molecule has 0 aromatic carbocycles. The highest BCUT2D eigenvalue weighted by Crippen LogP contribution is 2.25. The first kappa shape index (κ1) is 11.6. The van der Waals surface area contributed by atoms with E-state index in [0.29, 0.717) is 0 Å². The smallest absolute Gasteiger partial charge is 0.168 e. The zero-order chi connectivity index (χ0) is 11.2. The van der Waals surface area contributed by atoms with Gasteiger partial charge < -0.3 is 10.1 Å². The Bertz CT molecular complexity index is 327. The molecule has 0 atom stereocenters. The van der Waals surface area contributed by atoms with Gasteiger partial charge in [0.15, 0.2) is 11.6 Å². The molecule has 4 heteroatoms. The molecule has 88 valence electrons. The maximum atomic E-state index is 5.26. The monoisotopic (exact) mass is 238 g/mol. The Morgan fingerprint density at radius 2 is 2.31 bits per heavy atom. The third-order valence-corrected chi connectivity index (χ3v) is 3.94. The number of methoxy groups -OCH3 is 1. The highest BCUT2D eigenvalue weighted by atomic mass is 32.2. The minimum atomic E-state index is 0.785. The van der Waals surface area contributed by atoms with Gasteiger partial charge in [-0.2, -0.15) is 11.8 Å². The summed E-state index contributed by atoms with van der Waals surface area (Å²) in [6.07, 6.45) is 4.42. The van der Waals surface area contributed by atoms with Gasteiger partial charge >= 0.3 is 0 Å². The van der Waals surface area contributed by atoms with Gasteiger partial charge in [0.1, 0.15) is 0 Å². The summed E-state index contributed by atoms with van der Waals surface area (Å²) in [6, 6.07) is 3.83. The van der Waals surface area contributed by atoms with E-state index >= 15 is 0 Å². The van der Waals surface area contributed by atoms with Crippen molar-refractivity contribution in [3.8, 4) is 5.75 Å². The number of hydrogen-bond donors (Lipinski definition) is 1. The average Bonchev–Trinajstić information content (AvgIpc) is 2.38. The quantitative estimate of drug-likeness (QED) is 0.874. The molecular formula is C12H18N2OS. The molecule has 1 aliphatic rings. The van der Waals surface area contributed by atoms with Crippen molar-refractivity contribution in [1.29, 1.82) is 0 Å². The van der Waals surface area contributed by atoms with E-state index in [9.17, 15) is 0 Å². The fraction of sp³-hybridized carbons (Fsp3) is 0.583. The summed E-state index contributed by atoms with van der Waals surface area (Å²) in [5.41, 5.74) is 0. The highest BCUT2D eigenvalue weighted by molar-refractivity contribution is 7.99. The molecule has 3 nitrogen and oxygen atoms in total. The first-order chi connectivity index (χ1) is 7.90. The molecule has 1 aliphatic heterocycles. The van der Waals surface area contributed by atoms with Gasteiger partial charge in [0, 0.05) is 12.7 Å². The molecule has 0 amide bonds. The second-order valence-electron chi connectivity index (χ2n) is 3.99. The van der Waals surface area contributed by atoms with Crippen molar-refractivity contribution in [3.05, 3.63) is 18.3 Å². The Kier molecular flexibility index (Phi) is 4.34. The maximum absolute atomic E-state index is 5.26. The van der Waals surface area contributed by atoms with Crippen LogP contribution in [0.5, 0.6) is 5.75 Å². The number of hydrogen-bond acceptors (Lipinski definition) is 4. The Hall–Kier alpha value is -0.900. The minimum Gasteiger partial charge on any atom is -0.493 e. The normalized spacial score (nSPS) is 17.1. The Balaban J connectivity index is 1.88. The van der Waals surface area contributed by atoms with Crippen LogP contribution in [0.4, 0.5) is 5.82 Å². The molecule has 0 spiro atoms. The van der Waals surface area contributed by atoms with Crippen molar-refractivity contribution in [3.63, 3.8) is 0 Å². The van der Waals surface area contributed by atoms with Crippen LogP contribution in [-0.4, -0.2) is 30.1 Å². The van der Waals surface area contributed by atoms with Crippen molar-refractivity contribution in [1.82, 2.24) is 4.98 Å². The lowest BCUT2D eigenvalue weighted by molar-refractivity contribution is 0.414. The van der Waals surface area contributed by atoms with Crippen LogP contribution < -0.4 is 10.1 Å². The number of anilines is 1. The molecule has 0 unspecified atom stereocenters. The SMILES string of the molecule is COc1cccnc1NCC1CCSCC1. The highest BCUT2D eigenvalue weighted by Gasteiger charge is 2.14. The maximum Gasteiger partial charge on any atom is 0.168 e. The Morgan fingerprint density at radius 1 is 1.50 bits per heavy atom. The van der Waals surface area contributed by atoms with Crippen LogP contribution in [0.25, 0.3) is 0 Å². The Morgan fingerprint density at radius 3 is 3.06 bits per heavy atom. The van der Waals surface area contributed by atoms with Crippen LogP contribution in [0.1, 0.15) is 12.8 Å². The average molecular weight is 238 g/mol. The second-order valence-corrected chi connectivity index (χ2v) is 5.22. The number of rotatable bonds is 4. The summed E-state index contributed by atoms with van der Waals surface area (Å²) in [7, 11) is 1.68. The fourth-order valence-corrected chi connectivity index (χ4v) is 3.08. The van der Waals surface area contributed by atoms with Gasteiger partial charge in [-0.15, -0.1) is 0 Å². The molecule has 2 heterocycles. The van der Waals surface area contributed by atoms with Gasteiger partial charge in [-0.1, -0.05) is 0 Å². The number of nitrogens with one attached hydrogen (secondary N) is 1. The predicted octanol–water partition coefficient (Wildman–Crippen LogP) is 2.65. The van der Waals surface area contributed by atoms with Crippen molar-refractivity contribution in [2.45, 2.75) is 12.8 Å². The molecule has 1 N–H and O–H groups in total. The number of thioether (sulfide) groups is 1. The van der Waals surface area contributed by atoms with Crippen molar-refractivity contribution in [2.24, 2.45) is 5.92 Å². The van der Waals surface area contributed by atoms with E-state index in [-0.39, 0.29) is 0 Å². The summed E-state index contributed by atoms with van der Waals surface area (Å²) in [5.74, 6) is 5.07. The van der Waals surface area contributed by atoms with Crippen LogP contribution >= 0.6 is 11.8 Å². The molecular weight excluding hydrogens is 220 g/mol. The van der Waals surface area contributed by atoms with Crippen LogP contribution in [0, 0.1) is 5.92 Å². The molecule has 0 saturated carbocycles. The van der Waals surface area contributed by atoms with Gasteiger partial charge in [-0.25, -0.2) is 4.98 Å². The Labute approximate surface area is 101 Å². The van der Waals surface area contributed by atoms with Crippen LogP contribution in [0.15, 0.2) is 18.3 Å². The zero-order valence-electron chi connectivity index (χ0n) is 9.61. The first-order valence-electron chi connectivity index (χ1n) is 5.71. The number of aromatic nitrogens is 1. The molecule has 1 aromatic heterocycles. The molecule has 0 aliphatic carbocycles. The molecule has 2 rings (SSSR count). The summed E-state index contributed by atoms with van der Waals surface area (Å²) in [4.78, 5) is 4.29. The topological polar surface area (TPSA) is 34.1 Å². The van der Waals surface area contributed by atoms with Gasteiger partial charge in [-0.3, -0.25) is 0 Å². The van der Waals surface area contributed by atoms with E-state index in [1.165, 1.54) is 24.3 Å². The largest absolute Gasteiger partial charge is 0.493 e. The minimum absolute atomic E-state index is 0.785. The van der Waals surface area contributed by atoms with Gasteiger partial charge in [0.25, 0.3) is 0 Å². The molecule has 1 saturated heterocycles. The van der Waals surface area contributed by atoms with Gasteiger partial charge in [-0.05, 0) is 42.4 Å². The van der Waals surface area contributed by atoms with Gasteiger partial charge in [0.2, 0.25) is 0 Å². The van der Waals surface area contributed by atoms with Gasteiger partial charge in [0.05, 0.1) is 7.11 Å². The lowest BCUT2D eigenvalue weighted by Crippen LogP contribution is -2.19. The van der Waals surface area contributed by atoms with Crippen molar-refractivity contribution >= 4 is 17.6 Å². The van der Waals surface area contributed by atoms with Crippen molar-refractivity contribution in [2.75, 3.05) is 30.5 Å². The van der Waals surface area contributed by atoms with Crippen molar-refractivity contribution < 1.29 is 4.74 Å². The molecule has 0 bridgehead atoms. The standard InChI is InChI=1S/C12H18N2OS/c1-15-11-3-2-6-13-12(11)14-9-10-4-7-16-8-5-10/h2-3,6,10H,4-5,7-9H2,1H3,(H,13,14). The summed E-state index contributed by atoms with van der Waals surface area (Å²) >= 11 is 2.06. The second kappa shape index (κ2) is 5.99. The molecule has 16 heavy (non-hydrogen) atoms.